The monoisotopic (exact) mass is 286 g/mol. The highest BCUT2D eigenvalue weighted by Crippen LogP contribution is 2.26. The summed E-state index contributed by atoms with van der Waals surface area (Å²) in [7, 11) is 0. The van der Waals surface area contributed by atoms with E-state index in [-0.39, 0.29) is 11.8 Å². The molecular weight excluding hydrogens is 268 g/mol. The van der Waals surface area contributed by atoms with E-state index in [2.05, 4.69) is 15.1 Å². The number of carbonyl (C=O) groups is 1. The lowest BCUT2D eigenvalue weighted by atomic mass is 9.94. The van der Waals surface area contributed by atoms with Crippen LogP contribution in [0.2, 0.25) is 0 Å². The Balaban J connectivity index is 1.75. The van der Waals surface area contributed by atoms with Crippen LogP contribution in [0.15, 0.2) is 23.0 Å². The number of amides is 1. The van der Waals surface area contributed by atoms with Crippen LogP contribution in [0.4, 0.5) is 0 Å². The molecule has 1 aliphatic heterocycles. The number of aromatic nitrogens is 3. The van der Waals surface area contributed by atoms with Gasteiger partial charge in [-0.15, -0.1) is 0 Å². The fourth-order valence-electron chi connectivity index (χ4n) is 2.71. The number of hydrogen-bond donors (Lipinski definition) is 0. The molecule has 1 fully saturated rings. The van der Waals surface area contributed by atoms with E-state index in [9.17, 15) is 4.79 Å². The summed E-state index contributed by atoms with van der Waals surface area (Å²) in [5.74, 6) is 0.816. The molecule has 1 amide bonds. The number of piperidine rings is 1. The van der Waals surface area contributed by atoms with Crippen molar-refractivity contribution in [1.29, 1.82) is 0 Å². The van der Waals surface area contributed by atoms with Gasteiger partial charge in [0, 0.05) is 37.5 Å². The third kappa shape index (κ3) is 2.94. The highest BCUT2D eigenvalue weighted by atomic mass is 16.5. The van der Waals surface area contributed by atoms with Gasteiger partial charge >= 0.3 is 0 Å². The third-order valence-corrected chi connectivity index (χ3v) is 3.75. The van der Waals surface area contributed by atoms with Gasteiger partial charge in [-0.2, -0.15) is 0 Å². The summed E-state index contributed by atoms with van der Waals surface area (Å²) in [5.41, 5.74) is 2.25. The van der Waals surface area contributed by atoms with Gasteiger partial charge in [0.2, 0.25) is 0 Å². The Morgan fingerprint density at radius 3 is 2.95 bits per heavy atom. The maximum atomic E-state index is 12.4. The average molecular weight is 286 g/mol. The molecule has 0 N–H and O–H groups in total. The van der Waals surface area contributed by atoms with Crippen LogP contribution < -0.4 is 0 Å². The van der Waals surface area contributed by atoms with Gasteiger partial charge in [0.25, 0.3) is 5.91 Å². The molecule has 6 heteroatoms. The Bertz CT molecular complexity index is 653. The summed E-state index contributed by atoms with van der Waals surface area (Å²) in [5, 5.41) is 3.81. The van der Waals surface area contributed by atoms with Crippen LogP contribution in [-0.2, 0) is 0 Å². The molecule has 0 bridgehead atoms. The first-order valence-corrected chi connectivity index (χ1v) is 7.14. The number of carbonyl (C=O) groups excluding carboxylic acids is 1. The molecule has 6 nitrogen and oxygen atoms in total. The van der Waals surface area contributed by atoms with E-state index in [1.807, 2.05) is 11.8 Å². The van der Waals surface area contributed by atoms with Crippen molar-refractivity contribution in [3.05, 3.63) is 41.3 Å². The summed E-state index contributed by atoms with van der Waals surface area (Å²) in [6.45, 7) is 5.12. The molecule has 2 aromatic heterocycles. The maximum Gasteiger partial charge on any atom is 0.276 e. The zero-order valence-corrected chi connectivity index (χ0v) is 12.2. The highest BCUT2D eigenvalue weighted by molar-refractivity contribution is 5.92. The van der Waals surface area contributed by atoms with E-state index < -0.39 is 0 Å². The van der Waals surface area contributed by atoms with Gasteiger partial charge in [-0.3, -0.25) is 14.8 Å². The van der Waals surface area contributed by atoms with Crippen molar-refractivity contribution in [3.8, 4) is 0 Å². The smallest absolute Gasteiger partial charge is 0.276 e. The number of rotatable bonds is 2. The molecule has 110 valence electrons. The van der Waals surface area contributed by atoms with Crippen molar-refractivity contribution in [2.75, 3.05) is 13.1 Å². The summed E-state index contributed by atoms with van der Waals surface area (Å²) < 4.78 is 4.98. The second kappa shape index (κ2) is 5.63. The Morgan fingerprint density at radius 2 is 2.24 bits per heavy atom. The predicted molar refractivity (Wildman–Crippen MR) is 75.9 cm³/mol. The van der Waals surface area contributed by atoms with Crippen molar-refractivity contribution < 1.29 is 9.32 Å². The summed E-state index contributed by atoms with van der Waals surface area (Å²) in [4.78, 5) is 23.0. The molecule has 2 aromatic rings. The van der Waals surface area contributed by atoms with Crippen LogP contribution in [0.1, 0.15) is 46.4 Å². The zero-order valence-electron chi connectivity index (χ0n) is 12.2. The molecule has 0 aliphatic carbocycles. The molecule has 1 saturated heterocycles. The Labute approximate surface area is 123 Å². The number of likely N-dealkylation sites (tertiary alicyclic amines) is 1. The fourth-order valence-corrected chi connectivity index (χ4v) is 2.71. The second-order valence-electron chi connectivity index (χ2n) is 5.50. The van der Waals surface area contributed by atoms with Gasteiger partial charge in [-0.1, -0.05) is 5.16 Å². The standard InChI is InChI=1S/C15H18N4O2/c1-10-7-16-8-14(17-10)12-4-3-5-19(9-12)15(20)13-6-11(2)21-18-13/h6-8,12H,3-5,9H2,1-2H3. The lowest BCUT2D eigenvalue weighted by Crippen LogP contribution is -2.39. The van der Waals surface area contributed by atoms with Gasteiger partial charge in [-0.25, -0.2) is 0 Å². The molecule has 3 rings (SSSR count). The summed E-state index contributed by atoms with van der Waals surface area (Å²) in [6, 6.07) is 1.68. The van der Waals surface area contributed by atoms with Gasteiger partial charge in [0.05, 0.1) is 11.4 Å². The first kappa shape index (κ1) is 13.7. The van der Waals surface area contributed by atoms with E-state index in [1.54, 1.807) is 25.4 Å². The van der Waals surface area contributed by atoms with E-state index in [0.717, 1.165) is 30.8 Å². The van der Waals surface area contributed by atoms with Crippen molar-refractivity contribution in [3.63, 3.8) is 0 Å². The molecule has 0 radical (unpaired) electrons. The van der Waals surface area contributed by atoms with Crippen LogP contribution in [0.5, 0.6) is 0 Å². The minimum Gasteiger partial charge on any atom is -0.361 e. The van der Waals surface area contributed by atoms with E-state index in [0.29, 0.717) is 18.0 Å². The van der Waals surface area contributed by atoms with Crippen molar-refractivity contribution in [2.45, 2.75) is 32.6 Å². The number of nitrogens with zero attached hydrogens (tertiary/aromatic N) is 4. The molecule has 21 heavy (non-hydrogen) atoms. The van der Waals surface area contributed by atoms with Crippen molar-refractivity contribution >= 4 is 5.91 Å². The molecule has 0 spiro atoms. The normalized spacial score (nSPS) is 18.8. The zero-order chi connectivity index (χ0) is 14.8. The lowest BCUT2D eigenvalue weighted by molar-refractivity contribution is 0.0695. The predicted octanol–water partition coefficient (Wildman–Crippen LogP) is 2.10. The molecule has 0 aromatic carbocycles. The van der Waals surface area contributed by atoms with Crippen LogP contribution in [0.3, 0.4) is 0 Å². The average Bonchev–Trinajstić information content (AvgIpc) is 2.93. The Kier molecular flexibility index (Phi) is 3.68. The molecule has 1 unspecified atom stereocenters. The quantitative estimate of drug-likeness (QED) is 0.845. The van der Waals surface area contributed by atoms with Gasteiger partial charge in [-0.05, 0) is 26.7 Å². The fraction of sp³-hybridized carbons (Fsp3) is 0.467. The van der Waals surface area contributed by atoms with Gasteiger partial charge in [0.15, 0.2) is 5.69 Å². The van der Waals surface area contributed by atoms with E-state index in [4.69, 9.17) is 4.52 Å². The lowest BCUT2D eigenvalue weighted by Gasteiger charge is -2.31. The third-order valence-electron chi connectivity index (χ3n) is 3.75. The molecule has 0 saturated carbocycles. The summed E-state index contributed by atoms with van der Waals surface area (Å²) in [6.07, 6.45) is 5.53. The van der Waals surface area contributed by atoms with Crippen molar-refractivity contribution in [2.24, 2.45) is 0 Å². The maximum absolute atomic E-state index is 12.4. The van der Waals surface area contributed by atoms with Crippen molar-refractivity contribution in [1.82, 2.24) is 20.0 Å². The Hall–Kier alpha value is -2.24. The summed E-state index contributed by atoms with van der Waals surface area (Å²) >= 11 is 0. The molecular formula is C15H18N4O2. The highest BCUT2D eigenvalue weighted by Gasteiger charge is 2.27. The second-order valence-corrected chi connectivity index (χ2v) is 5.50. The minimum absolute atomic E-state index is 0.0721. The van der Waals surface area contributed by atoms with Crippen LogP contribution in [-0.4, -0.2) is 39.0 Å². The number of aryl methyl sites for hydroxylation is 2. The van der Waals surface area contributed by atoms with Crippen LogP contribution in [0.25, 0.3) is 0 Å². The molecule has 1 aliphatic rings. The van der Waals surface area contributed by atoms with E-state index in [1.165, 1.54) is 0 Å². The number of hydrogen-bond acceptors (Lipinski definition) is 5. The largest absolute Gasteiger partial charge is 0.361 e. The minimum atomic E-state index is -0.0721. The first-order valence-electron chi connectivity index (χ1n) is 7.14. The topological polar surface area (TPSA) is 72.1 Å². The van der Waals surface area contributed by atoms with Crippen LogP contribution >= 0.6 is 0 Å². The molecule has 1 atom stereocenters. The molecule has 3 heterocycles. The van der Waals surface area contributed by atoms with Gasteiger partial charge < -0.3 is 9.42 Å². The first-order chi connectivity index (χ1) is 10.1. The van der Waals surface area contributed by atoms with E-state index >= 15 is 0 Å². The SMILES string of the molecule is Cc1cncc(C2CCCN(C(=O)c3cc(C)on3)C2)n1. The van der Waals surface area contributed by atoms with Crippen LogP contribution in [0, 0.1) is 13.8 Å². The Morgan fingerprint density at radius 1 is 1.38 bits per heavy atom. The van der Waals surface area contributed by atoms with Gasteiger partial charge in [0.1, 0.15) is 5.76 Å².